The highest BCUT2D eigenvalue weighted by Crippen LogP contribution is 2.48. The number of amides is 4. The van der Waals surface area contributed by atoms with Crippen molar-refractivity contribution in [3.8, 4) is 11.6 Å². The molecule has 58 heavy (non-hydrogen) atoms. The molecule has 4 aliphatic rings. The van der Waals surface area contributed by atoms with Gasteiger partial charge in [-0.25, -0.2) is 23.2 Å². The molecule has 318 valence electrons. The highest BCUT2D eigenvalue weighted by molar-refractivity contribution is 7.91. The van der Waals surface area contributed by atoms with Crippen molar-refractivity contribution in [3.05, 3.63) is 36.0 Å². The van der Waals surface area contributed by atoms with Crippen molar-refractivity contribution < 1.29 is 68.1 Å². The van der Waals surface area contributed by atoms with E-state index in [1.807, 2.05) is 0 Å². The van der Waals surface area contributed by atoms with Gasteiger partial charge in [0.2, 0.25) is 33.4 Å². The zero-order valence-corrected chi connectivity index (χ0v) is 32.4. The largest absolute Gasteiger partial charge is 0.497 e. The number of halogens is 6. The summed E-state index contributed by atoms with van der Waals surface area (Å²) in [5.41, 5.74) is -3.50. The lowest BCUT2D eigenvalue weighted by molar-refractivity contribution is -0.197. The molecule has 2 saturated carbocycles. The first-order valence-electron chi connectivity index (χ1n) is 18.6. The number of hydrogen-bond donors (Lipinski definition) is 3. The lowest BCUT2D eigenvalue weighted by Crippen LogP contribution is -2.58. The maximum atomic E-state index is 14.3. The molecular weight excluding hydrogens is 806 g/mol. The molecule has 4 amide bonds. The summed E-state index contributed by atoms with van der Waals surface area (Å²) in [4.78, 5) is 63.7. The molecule has 1 aromatic carbocycles. The normalized spacial score (nSPS) is 27.4. The first kappa shape index (κ1) is 42.7. The summed E-state index contributed by atoms with van der Waals surface area (Å²) in [5.74, 6) is -4.44. The molecule has 1 unspecified atom stereocenters. The predicted octanol–water partition coefficient (Wildman–Crippen LogP) is 4.44. The van der Waals surface area contributed by atoms with Crippen LogP contribution in [0.2, 0.25) is 0 Å². The number of nitrogens with zero attached hydrogens (tertiary/aromatic N) is 3. The van der Waals surface area contributed by atoms with Gasteiger partial charge < -0.3 is 29.7 Å². The van der Waals surface area contributed by atoms with Crippen LogP contribution in [0, 0.1) is 5.92 Å². The molecule has 6 rings (SSSR count). The molecule has 0 spiro atoms. The molecule has 3 heterocycles. The number of alkyl halides is 6. The molecule has 0 bridgehead atoms. The third kappa shape index (κ3) is 9.05. The van der Waals surface area contributed by atoms with Crippen LogP contribution >= 0.6 is 0 Å². The molecule has 1 aromatic heterocycles. The lowest BCUT2D eigenvalue weighted by atomic mass is 10.0. The van der Waals surface area contributed by atoms with Gasteiger partial charge in [0, 0.05) is 18.4 Å². The van der Waals surface area contributed by atoms with Crippen LogP contribution in [0.4, 0.5) is 31.1 Å². The van der Waals surface area contributed by atoms with E-state index in [0.29, 0.717) is 39.0 Å². The minimum Gasteiger partial charge on any atom is -0.497 e. The maximum absolute atomic E-state index is 14.3. The van der Waals surface area contributed by atoms with Gasteiger partial charge in [-0.05, 0) is 64.5 Å². The van der Waals surface area contributed by atoms with Crippen molar-refractivity contribution in [2.75, 3.05) is 13.7 Å². The number of rotatable bonds is 8. The SMILES string of the molecule is COc1ccc2nc(C(F)(F)F)c(O[C@@H]3C[C@H]4C(=O)NC5(C(=O)NS(=O)(=O)C6(C)CC6)C[C@H]5/C=C\CCCCC[C@H](NC(=O)O[C@H](C)C(F)(F)F)C(=O)N4C3)nc2c1. The molecular formula is C36H42F6N6O9S. The molecule has 2 aromatic rings. The molecule has 15 nitrogen and oxygen atoms in total. The summed E-state index contributed by atoms with van der Waals surface area (Å²) in [7, 11) is -2.84. The molecule has 22 heteroatoms. The van der Waals surface area contributed by atoms with Crippen LogP contribution in [0.3, 0.4) is 0 Å². The smallest absolute Gasteiger partial charge is 0.438 e. The average Bonchev–Trinajstić information content (AvgIpc) is 4.02. The fourth-order valence-corrected chi connectivity index (χ4v) is 8.23. The van der Waals surface area contributed by atoms with Gasteiger partial charge in [-0.1, -0.05) is 25.0 Å². The minimum atomic E-state index is -5.08. The standard InChI is InChI=1S/C36H42F6N6O9S/c1-19(35(37,38)39)56-32(52)45-24-10-8-6-4-5-7-9-20-17-34(20,31(51)47-58(53,54)33(2)13-14-33)46-28(49)26-16-22(18-48(26)30(24)50)57-29-27(36(40,41)42)43-23-12-11-21(55-3)15-25(23)44-29/h7,9,11-12,15,19-20,22,24,26H,4-6,8,10,13-14,16-18H2,1-3H3,(H,45,52)(H,46,49)(H,47,51)/b9-7-/t19-,20-,22-,24+,26+,34?/m1/s1. The van der Waals surface area contributed by atoms with Crippen LogP contribution in [0.25, 0.3) is 11.0 Å². The number of ether oxygens (including phenoxy) is 3. The zero-order chi connectivity index (χ0) is 42.4. The van der Waals surface area contributed by atoms with E-state index in [-0.39, 0.29) is 36.0 Å². The van der Waals surface area contributed by atoms with E-state index in [0.717, 1.165) is 4.90 Å². The van der Waals surface area contributed by atoms with Crippen LogP contribution in [0.15, 0.2) is 30.4 Å². The number of fused-ring (bicyclic) bond motifs is 3. The maximum Gasteiger partial charge on any atom is 0.438 e. The fourth-order valence-electron chi connectivity index (χ4n) is 6.92. The number of carbonyl (C=O) groups is 4. The van der Waals surface area contributed by atoms with Crippen LogP contribution in [-0.2, 0) is 35.3 Å². The number of allylic oxidation sites excluding steroid dienone is 1. The van der Waals surface area contributed by atoms with Crippen molar-refractivity contribution in [1.82, 2.24) is 30.2 Å². The average molecular weight is 849 g/mol. The van der Waals surface area contributed by atoms with Gasteiger partial charge in [0.25, 0.3) is 5.91 Å². The number of nitrogens with one attached hydrogen (secondary N) is 3. The topological polar surface area (TPSA) is 195 Å². The molecule has 1 saturated heterocycles. The van der Waals surface area contributed by atoms with Crippen molar-refractivity contribution in [2.45, 2.75) is 119 Å². The number of sulfonamides is 1. The Morgan fingerprint density at radius 3 is 2.43 bits per heavy atom. The lowest BCUT2D eigenvalue weighted by Gasteiger charge is -2.30. The Labute approximate surface area is 328 Å². The monoisotopic (exact) mass is 848 g/mol. The summed E-state index contributed by atoms with van der Waals surface area (Å²) in [6, 6.07) is 0.771. The number of methoxy groups -OCH3 is 1. The molecule has 3 fully saturated rings. The number of benzene rings is 1. The number of carbonyl (C=O) groups excluding carboxylic acids is 4. The van der Waals surface area contributed by atoms with E-state index in [9.17, 15) is 53.9 Å². The molecule has 3 N–H and O–H groups in total. The van der Waals surface area contributed by atoms with Crippen LogP contribution in [-0.4, -0.2) is 102 Å². The third-order valence-electron chi connectivity index (χ3n) is 10.9. The van der Waals surface area contributed by atoms with Gasteiger partial charge in [-0.3, -0.25) is 19.1 Å². The number of hydrogen-bond acceptors (Lipinski definition) is 11. The van der Waals surface area contributed by atoms with Crippen LogP contribution < -0.4 is 24.8 Å². The van der Waals surface area contributed by atoms with E-state index in [1.165, 1.54) is 32.2 Å². The zero-order valence-electron chi connectivity index (χ0n) is 31.5. The van der Waals surface area contributed by atoms with Crippen molar-refractivity contribution in [1.29, 1.82) is 0 Å². The molecule has 2 aliphatic carbocycles. The minimum absolute atomic E-state index is 0.0214. The van der Waals surface area contributed by atoms with Crippen molar-refractivity contribution in [2.24, 2.45) is 5.92 Å². The Hall–Kier alpha value is -4.89. The van der Waals surface area contributed by atoms with Gasteiger partial charge in [0.1, 0.15) is 29.5 Å². The second kappa shape index (κ2) is 15.7. The van der Waals surface area contributed by atoms with E-state index in [4.69, 9.17) is 9.47 Å². The van der Waals surface area contributed by atoms with Gasteiger partial charge in [-0.15, -0.1) is 0 Å². The Morgan fingerprint density at radius 1 is 1.05 bits per heavy atom. The Bertz CT molecular complexity index is 2100. The first-order valence-corrected chi connectivity index (χ1v) is 20.0. The second-order valence-electron chi connectivity index (χ2n) is 15.2. The second-order valence-corrected chi connectivity index (χ2v) is 17.4. The van der Waals surface area contributed by atoms with Crippen molar-refractivity contribution in [3.63, 3.8) is 0 Å². The van der Waals surface area contributed by atoms with Crippen LogP contribution in [0.5, 0.6) is 11.6 Å². The summed E-state index contributed by atoms with van der Waals surface area (Å²) in [5, 5.41) is 4.76. The summed E-state index contributed by atoms with van der Waals surface area (Å²) in [6.45, 7) is 1.46. The fraction of sp³-hybridized carbons (Fsp3) is 0.611. The predicted molar refractivity (Wildman–Crippen MR) is 190 cm³/mol. The Morgan fingerprint density at radius 2 is 1.78 bits per heavy atom. The number of aromatic nitrogens is 2. The summed E-state index contributed by atoms with van der Waals surface area (Å²) >= 11 is 0. The molecule has 6 atom stereocenters. The van der Waals surface area contributed by atoms with Gasteiger partial charge in [0.05, 0.1) is 29.4 Å². The Kier molecular flexibility index (Phi) is 11.6. The first-order chi connectivity index (χ1) is 27.1. The van der Waals surface area contributed by atoms with E-state index in [1.54, 1.807) is 12.2 Å². The summed E-state index contributed by atoms with van der Waals surface area (Å²) < 4.78 is 125. The number of alkyl carbamates (subject to hydrolysis) is 1. The third-order valence-corrected chi connectivity index (χ3v) is 13.1. The van der Waals surface area contributed by atoms with Gasteiger partial charge in [-0.2, -0.15) is 26.3 Å². The summed E-state index contributed by atoms with van der Waals surface area (Å²) in [6.07, 6.45) is -10.4. The molecule has 0 radical (unpaired) electrons. The Balaban J connectivity index is 1.34. The highest BCUT2D eigenvalue weighted by atomic mass is 32.2. The van der Waals surface area contributed by atoms with Crippen molar-refractivity contribution >= 4 is 44.9 Å². The van der Waals surface area contributed by atoms with E-state index in [2.05, 4.69) is 30.1 Å². The molecule has 2 aliphatic heterocycles. The van der Waals surface area contributed by atoms with Gasteiger partial charge >= 0.3 is 18.4 Å². The van der Waals surface area contributed by atoms with Gasteiger partial charge in [0.15, 0.2) is 6.10 Å². The van der Waals surface area contributed by atoms with Crippen LogP contribution in [0.1, 0.15) is 77.3 Å². The highest BCUT2D eigenvalue weighted by Gasteiger charge is 2.63. The quantitative estimate of drug-likeness (QED) is 0.251. The van der Waals surface area contributed by atoms with E-state index < -0.39 is 111 Å². The van der Waals surface area contributed by atoms with E-state index >= 15 is 0 Å².